The van der Waals surface area contributed by atoms with E-state index < -0.39 is 17.3 Å². The fraction of sp³-hybridized carbons (Fsp3) is 0.312. The van der Waals surface area contributed by atoms with Gasteiger partial charge >= 0.3 is 5.97 Å². The van der Waals surface area contributed by atoms with Gasteiger partial charge in [0, 0.05) is 11.5 Å². The zero-order valence-corrected chi connectivity index (χ0v) is 12.2. The van der Waals surface area contributed by atoms with Crippen molar-refractivity contribution < 1.29 is 19.4 Å². The number of carbonyl (C=O) groups is 1. The summed E-state index contributed by atoms with van der Waals surface area (Å²) in [4.78, 5) is 19.7. The minimum atomic E-state index is -1.36. The number of rotatable bonds is 3. The van der Waals surface area contributed by atoms with E-state index in [-0.39, 0.29) is 17.8 Å². The molecule has 3 rings (SSSR count). The van der Waals surface area contributed by atoms with Crippen LogP contribution in [0.2, 0.25) is 0 Å². The van der Waals surface area contributed by atoms with Gasteiger partial charge in [0.15, 0.2) is 0 Å². The maximum Gasteiger partial charge on any atom is 0.338 e. The second kappa shape index (κ2) is 5.92. The first-order valence-electron chi connectivity index (χ1n) is 7.29. The lowest BCUT2D eigenvalue weighted by atomic mass is 10.0. The zero-order valence-electron chi connectivity index (χ0n) is 12.2. The second-order valence-electron chi connectivity index (χ2n) is 5.69. The maximum absolute atomic E-state index is 13.5. The molecule has 0 aliphatic heterocycles. The number of nitrogens with two attached hydrogens (primary N) is 1. The number of aliphatic hydroxyl groups is 1. The Morgan fingerprint density at radius 3 is 2.78 bits per heavy atom. The van der Waals surface area contributed by atoms with Crippen LogP contribution in [0, 0.1) is 5.82 Å². The van der Waals surface area contributed by atoms with Crippen molar-refractivity contribution in [1.82, 2.24) is 9.97 Å². The smallest absolute Gasteiger partial charge is 0.338 e. The van der Waals surface area contributed by atoms with E-state index in [0.29, 0.717) is 29.8 Å². The summed E-state index contributed by atoms with van der Waals surface area (Å²) in [5.74, 6) is -1.93. The number of aromatic carboxylic acids is 1. The highest BCUT2D eigenvalue weighted by molar-refractivity contribution is 5.90. The molecule has 2 atom stereocenters. The first kappa shape index (κ1) is 15.4. The lowest BCUT2D eigenvalue weighted by Crippen LogP contribution is -2.06. The summed E-state index contributed by atoms with van der Waals surface area (Å²) >= 11 is 0. The molecule has 0 amide bonds. The zero-order chi connectivity index (χ0) is 16.6. The number of anilines is 1. The third-order valence-electron chi connectivity index (χ3n) is 4.11. The van der Waals surface area contributed by atoms with Crippen LogP contribution in [-0.4, -0.2) is 32.3 Å². The van der Waals surface area contributed by atoms with Crippen LogP contribution in [0.25, 0.3) is 11.3 Å². The van der Waals surface area contributed by atoms with Crippen LogP contribution in [-0.2, 0) is 0 Å². The minimum absolute atomic E-state index is 0.0937. The fourth-order valence-electron chi connectivity index (χ4n) is 2.88. The molecule has 1 heterocycles. The highest BCUT2D eigenvalue weighted by Crippen LogP contribution is 2.35. The summed E-state index contributed by atoms with van der Waals surface area (Å²) in [5.41, 5.74) is 6.83. The molecule has 0 radical (unpaired) electrons. The molecule has 0 bridgehead atoms. The second-order valence-corrected chi connectivity index (χ2v) is 5.69. The largest absolute Gasteiger partial charge is 0.478 e. The SMILES string of the molecule is Nc1ncc([C@@H]2CC[C@@H](O)C2)nc1-c1ccc(F)c(C(=O)O)c1. The number of carboxylic acid groups (broad SMARTS) is 1. The summed E-state index contributed by atoms with van der Waals surface area (Å²) < 4.78 is 13.5. The predicted octanol–water partition coefficient (Wildman–Crippen LogP) is 2.19. The van der Waals surface area contributed by atoms with Gasteiger partial charge in [0.1, 0.15) is 17.3 Å². The van der Waals surface area contributed by atoms with Gasteiger partial charge in [-0.25, -0.2) is 19.2 Å². The van der Waals surface area contributed by atoms with Crippen LogP contribution in [0.4, 0.5) is 10.2 Å². The Kier molecular flexibility index (Phi) is 3.96. The van der Waals surface area contributed by atoms with Gasteiger partial charge in [-0.15, -0.1) is 0 Å². The van der Waals surface area contributed by atoms with E-state index in [1.807, 2.05) is 0 Å². The average Bonchev–Trinajstić information content (AvgIpc) is 2.95. The molecule has 4 N–H and O–H groups in total. The van der Waals surface area contributed by atoms with Gasteiger partial charge < -0.3 is 15.9 Å². The van der Waals surface area contributed by atoms with E-state index in [2.05, 4.69) is 9.97 Å². The van der Waals surface area contributed by atoms with Crippen molar-refractivity contribution in [1.29, 1.82) is 0 Å². The Labute approximate surface area is 131 Å². The van der Waals surface area contributed by atoms with Crippen molar-refractivity contribution in [2.24, 2.45) is 0 Å². The van der Waals surface area contributed by atoms with Crippen LogP contribution >= 0.6 is 0 Å². The molecule has 1 fully saturated rings. The van der Waals surface area contributed by atoms with Gasteiger partial charge in [-0.2, -0.15) is 0 Å². The monoisotopic (exact) mass is 317 g/mol. The summed E-state index contributed by atoms with van der Waals surface area (Å²) in [5, 5.41) is 18.7. The Morgan fingerprint density at radius 2 is 2.13 bits per heavy atom. The van der Waals surface area contributed by atoms with Crippen molar-refractivity contribution >= 4 is 11.8 Å². The van der Waals surface area contributed by atoms with E-state index >= 15 is 0 Å². The molecule has 1 aromatic heterocycles. The van der Waals surface area contributed by atoms with Crippen LogP contribution in [0.3, 0.4) is 0 Å². The van der Waals surface area contributed by atoms with Crippen molar-refractivity contribution in [3.8, 4) is 11.3 Å². The number of aliphatic hydroxyl groups excluding tert-OH is 1. The molecular formula is C16H16FN3O3. The van der Waals surface area contributed by atoms with Gasteiger partial charge in [-0.05, 0) is 37.5 Å². The van der Waals surface area contributed by atoms with Crippen molar-refractivity contribution in [3.05, 3.63) is 41.5 Å². The van der Waals surface area contributed by atoms with E-state index in [0.717, 1.165) is 12.5 Å². The van der Waals surface area contributed by atoms with Crippen molar-refractivity contribution in [2.75, 3.05) is 5.73 Å². The normalized spacial score (nSPS) is 20.6. The molecule has 0 unspecified atom stereocenters. The molecule has 1 aromatic carbocycles. The van der Waals surface area contributed by atoms with Gasteiger partial charge in [-0.3, -0.25) is 0 Å². The van der Waals surface area contributed by atoms with Crippen molar-refractivity contribution in [3.63, 3.8) is 0 Å². The molecule has 6 nitrogen and oxygen atoms in total. The number of nitrogen functional groups attached to an aromatic ring is 1. The first-order valence-corrected chi connectivity index (χ1v) is 7.29. The number of aromatic nitrogens is 2. The van der Waals surface area contributed by atoms with Crippen LogP contribution in [0.15, 0.2) is 24.4 Å². The summed E-state index contributed by atoms with van der Waals surface area (Å²) in [7, 11) is 0. The lowest BCUT2D eigenvalue weighted by molar-refractivity contribution is 0.0692. The van der Waals surface area contributed by atoms with E-state index in [9.17, 15) is 14.3 Å². The number of hydrogen-bond donors (Lipinski definition) is 3. The fourth-order valence-corrected chi connectivity index (χ4v) is 2.88. The minimum Gasteiger partial charge on any atom is -0.478 e. The lowest BCUT2D eigenvalue weighted by Gasteiger charge is -2.12. The molecule has 0 saturated heterocycles. The first-order chi connectivity index (χ1) is 11.0. The molecule has 23 heavy (non-hydrogen) atoms. The van der Waals surface area contributed by atoms with Crippen LogP contribution in [0.1, 0.15) is 41.2 Å². The molecule has 1 saturated carbocycles. The van der Waals surface area contributed by atoms with Gasteiger partial charge in [0.2, 0.25) is 0 Å². The van der Waals surface area contributed by atoms with Gasteiger partial charge in [0.05, 0.1) is 23.6 Å². The third-order valence-corrected chi connectivity index (χ3v) is 4.11. The Balaban J connectivity index is 2.02. The van der Waals surface area contributed by atoms with E-state index in [1.165, 1.54) is 12.1 Å². The molecule has 2 aromatic rings. The highest BCUT2D eigenvalue weighted by Gasteiger charge is 2.26. The summed E-state index contributed by atoms with van der Waals surface area (Å²) in [6.07, 6.45) is 3.37. The molecular weight excluding hydrogens is 301 g/mol. The number of carboxylic acids is 1. The van der Waals surface area contributed by atoms with Crippen LogP contribution in [0.5, 0.6) is 0 Å². The Bertz CT molecular complexity index is 766. The third kappa shape index (κ3) is 3.00. The predicted molar refractivity (Wildman–Crippen MR) is 81.4 cm³/mol. The number of halogens is 1. The molecule has 120 valence electrons. The molecule has 0 spiro atoms. The summed E-state index contributed by atoms with van der Waals surface area (Å²) in [6, 6.07) is 3.70. The van der Waals surface area contributed by atoms with Gasteiger partial charge in [-0.1, -0.05) is 0 Å². The number of nitrogens with zero attached hydrogens (tertiary/aromatic N) is 2. The topological polar surface area (TPSA) is 109 Å². The number of hydrogen-bond acceptors (Lipinski definition) is 5. The highest BCUT2D eigenvalue weighted by atomic mass is 19.1. The Hall–Kier alpha value is -2.54. The Morgan fingerprint density at radius 1 is 1.35 bits per heavy atom. The maximum atomic E-state index is 13.5. The average molecular weight is 317 g/mol. The molecule has 7 heteroatoms. The number of benzene rings is 1. The van der Waals surface area contributed by atoms with E-state index in [1.54, 1.807) is 6.20 Å². The standard InChI is InChI=1S/C16H16FN3O3/c17-12-4-2-9(6-11(12)16(22)23)14-15(18)19-7-13(20-14)8-1-3-10(21)5-8/h2,4,6-8,10,21H,1,3,5H2,(H2,18,19)(H,22,23)/t8-,10-/m1/s1. The summed E-state index contributed by atoms with van der Waals surface area (Å²) in [6.45, 7) is 0. The van der Waals surface area contributed by atoms with Gasteiger partial charge in [0.25, 0.3) is 0 Å². The van der Waals surface area contributed by atoms with Crippen LogP contribution < -0.4 is 5.73 Å². The molecule has 1 aliphatic rings. The quantitative estimate of drug-likeness (QED) is 0.800. The molecule has 1 aliphatic carbocycles. The van der Waals surface area contributed by atoms with Crippen molar-refractivity contribution in [2.45, 2.75) is 31.3 Å². The van der Waals surface area contributed by atoms with E-state index in [4.69, 9.17) is 10.8 Å².